The number of primary amides is 1. The Balaban J connectivity index is 1.84. The standard InChI is InChI=1S/C19H20N2O5/c1-12(2)26-16-9-5-14(6-10-16)19(24)25-11-17(22)21-15-7-3-13(4-8-15)18(20)23/h3-10,12H,11H2,1-2H3,(H2,20,23)(H,21,22). The summed E-state index contributed by atoms with van der Waals surface area (Å²) in [7, 11) is 0. The van der Waals surface area contributed by atoms with Gasteiger partial charge in [-0.2, -0.15) is 0 Å². The van der Waals surface area contributed by atoms with Crippen molar-refractivity contribution in [3.8, 4) is 5.75 Å². The molecule has 0 saturated carbocycles. The summed E-state index contributed by atoms with van der Waals surface area (Å²) in [6, 6.07) is 12.5. The molecule has 0 bridgehead atoms. The Hall–Kier alpha value is -3.35. The maximum absolute atomic E-state index is 12.0. The van der Waals surface area contributed by atoms with E-state index in [2.05, 4.69) is 5.32 Å². The van der Waals surface area contributed by atoms with E-state index in [1.54, 1.807) is 24.3 Å². The minimum absolute atomic E-state index is 0.0357. The molecular formula is C19H20N2O5. The second-order valence-corrected chi connectivity index (χ2v) is 5.76. The lowest BCUT2D eigenvalue weighted by molar-refractivity contribution is -0.119. The van der Waals surface area contributed by atoms with Gasteiger partial charge >= 0.3 is 5.97 Å². The van der Waals surface area contributed by atoms with Crippen LogP contribution in [-0.2, 0) is 9.53 Å². The maximum atomic E-state index is 12.0. The first-order valence-corrected chi connectivity index (χ1v) is 7.98. The largest absolute Gasteiger partial charge is 0.491 e. The SMILES string of the molecule is CC(C)Oc1ccc(C(=O)OCC(=O)Nc2ccc(C(N)=O)cc2)cc1. The average Bonchev–Trinajstić information content (AvgIpc) is 2.60. The molecule has 2 rings (SSSR count). The number of amides is 2. The van der Waals surface area contributed by atoms with Gasteiger partial charge in [0.25, 0.3) is 5.91 Å². The highest BCUT2D eigenvalue weighted by molar-refractivity contribution is 5.96. The first-order valence-electron chi connectivity index (χ1n) is 7.98. The van der Waals surface area contributed by atoms with Gasteiger partial charge in [0.1, 0.15) is 5.75 Å². The van der Waals surface area contributed by atoms with E-state index in [-0.39, 0.29) is 6.10 Å². The van der Waals surface area contributed by atoms with Gasteiger partial charge in [-0.05, 0) is 62.4 Å². The Bertz CT molecular complexity index is 783. The fourth-order valence-corrected chi connectivity index (χ4v) is 2.07. The van der Waals surface area contributed by atoms with Gasteiger partial charge in [-0.1, -0.05) is 0 Å². The van der Waals surface area contributed by atoms with Crippen LogP contribution in [0.5, 0.6) is 5.75 Å². The molecule has 0 aromatic heterocycles. The van der Waals surface area contributed by atoms with Gasteiger partial charge in [0.2, 0.25) is 5.91 Å². The van der Waals surface area contributed by atoms with Gasteiger partial charge in [0.05, 0.1) is 11.7 Å². The predicted molar refractivity (Wildman–Crippen MR) is 96.1 cm³/mol. The smallest absolute Gasteiger partial charge is 0.338 e. The molecule has 0 aliphatic rings. The number of nitrogens with one attached hydrogen (secondary N) is 1. The van der Waals surface area contributed by atoms with Crippen LogP contribution in [0.2, 0.25) is 0 Å². The molecule has 0 atom stereocenters. The van der Waals surface area contributed by atoms with E-state index in [1.807, 2.05) is 13.8 Å². The molecule has 0 aliphatic carbocycles. The zero-order valence-corrected chi connectivity index (χ0v) is 14.5. The van der Waals surface area contributed by atoms with Crippen molar-refractivity contribution in [1.82, 2.24) is 0 Å². The Labute approximate surface area is 151 Å². The number of carbonyl (C=O) groups is 3. The topological polar surface area (TPSA) is 108 Å². The highest BCUT2D eigenvalue weighted by atomic mass is 16.5. The van der Waals surface area contributed by atoms with Crippen LogP contribution in [-0.4, -0.2) is 30.5 Å². The van der Waals surface area contributed by atoms with Crippen LogP contribution in [0.4, 0.5) is 5.69 Å². The van der Waals surface area contributed by atoms with Crippen molar-refractivity contribution in [1.29, 1.82) is 0 Å². The Morgan fingerprint density at radius 1 is 0.962 bits per heavy atom. The zero-order valence-electron chi connectivity index (χ0n) is 14.5. The first kappa shape index (κ1) is 19.0. The van der Waals surface area contributed by atoms with Crippen LogP contribution in [0.1, 0.15) is 34.6 Å². The maximum Gasteiger partial charge on any atom is 0.338 e. The average molecular weight is 356 g/mol. The molecule has 0 heterocycles. The van der Waals surface area contributed by atoms with Crippen molar-refractivity contribution in [2.75, 3.05) is 11.9 Å². The normalized spacial score (nSPS) is 10.3. The van der Waals surface area contributed by atoms with Gasteiger partial charge in [0.15, 0.2) is 6.61 Å². The predicted octanol–water partition coefficient (Wildman–Crippen LogP) is 2.37. The van der Waals surface area contributed by atoms with E-state index in [9.17, 15) is 14.4 Å². The van der Waals surface area contributed by atoms with E-state index in [4.69, 9.17) is 15.2 Å². The zero-order chi connectivity index (χ0) is 19.1. The fourth-order valence-electron chi connectivity index (χ4n) is 2.07. The summed E-state index contributed by atoms with van der Waals surface area (Å²) in [6.45, 7) is 3.38. The van der Waals surface area contributed by atoms with Crippen molar-refractivity contribution >= 4 is 23.5 Å². The highest BCUT2D eigenvalue weighted by Crippen LogP contribution is 2.14. The number of carbonyl (C=O) groups excluding carboxylic acids is 3. The number of esters is 1. The first-order chi connectivity index (χ1) is 12.3. The molecule has 2 aromatic rings. The van der Waals surface area contributed by atoms with Crippen molar-refractivity contribution in [2.45, 2.75) is 20.0 Å². The summed E-state index contributed by atoms with van der Waals surface area (Å²) in [6.07, 6.45) is 0.0357. The molecule has 0 radical (unpaired) electrons. The summed E-state index contributed by atoms with van der Waals surface area (Å²) < 4.78 is 10.5. The van der Waals surface area contributed by atoms with E-state index in [0.29, 0.717) is 22.6 Å². The quantitative estimate of drug-likeness (QED) is 0.741. The molecular weight excluding hydrogens is 336 g/mol. The lowest BCUT2D eigenvalue weighted by atomic mass is 10.2. The van der Waals surface area contributed by atoms with Crippen molar-refractivity contribution in [2.24, 2.45) is 5.73 Å². The van der Waals surface area contributed by atoms with Crippen molar-refractivity contribution < 1.29 is 23.9 Å². The Morgan fingerprint density at radius 2 is 1.54 bits per heavy atom. The number of rotatable bonds is 7. The van der Waals surface area contributed by atoms with Crippen LogP contribution < -0.4 is 15.8 Å². The van der Waals surface area contributed by atoms with Crippen LogP contribution in [0.15, 0.2) is 48.5 Å². The molecule has 0 aliphatic heterocycles. The van der Waals surface area contributed by atoms with Gasteiger partial charge < -0.3 is 20.5 Å². The lowest BCUT2D eigenvalue weighted by Gasteiger charge is -2.10. The Morgan fingerprint density at radius 3 is 2.08 bits per heavy atom. The molecule has 7 heteroatoms. The third-order valence-corrected chi connectivity index (χ3v) is 3.25. The monoisotopic (exact) mass is 356 g/mol. The number of ether oxygens (including phenoxy) is 2. The minimum atomic E-state index is -0.611. The van der Waals surface area contributed by atoms with Gasteiger partial charge in [-0.15, -0.1) is 0 Å². The van der Waals surface area contributed by atoms with E-state index in [0.717, 1.165) is 0 Å². The third-order valence-electron chi connectivity index (χ3n) is 3.25. The van der Waals surface area contributed by atoms with Crippen LogP contribution >= 0.6 is 0 Å². The number of anilines is 1. The van der Waals surface area contributed by atoms with Gasteiger partial charge in [-0.25, -0.2) is 4.79 Å². The van der Waals surface area contributed by atoms with Crippen LogP contribution in [0.25, 0.3) is 0 Å². The van der Waals surface area contributed by atoms with Crippen molar-refractivity contribution in [3.05, 3.63) is 59.7 Å². The van der Waals surface area contributed by atoms with Crippen molar-refractivity contribution in [3.63, 3.8) is 0 Å². The fraction of sp³-hybridized carbons (Fsp3) is 0.211. The summed E-state index contributed by atoms with van der Waals surface area (Å²) in [4.78, 5) is 34.8. The number of hydrogen-bond acceptors (Lipinski definition) is 5. The van der Waals surface area contributed by atoms with E-state index < -0.39 is 24.4 Å². The number of benzene rings is 2. The molecule has 2 aromatic carbocycles. The molecule has 0 fully saturated rings. The minimum Gasteiger partial charge on any atom is -0.491 e. The summed E-state index contributed by atoms with van der Waals surface area (Å²) in [5.41, 5.74) is 6.26. The molecule has 3 N–H and O–H groups in total. The number of nitrogens with two attached hydrogens (primary N) is 1. The lowest BCUT2D eigenvalue weighted by Crippen LogP contribution is -2.21. The summed E-state index contributed by atoms with van der Waals surface area (Å²) >= 11 is 0. The van der Waals surface area contributed by atoms with Crippen LogP contribution in [0.3, 0.4) is 0 Å². The molecule has 0 unspecified atom stereocenters. The Kier molecular flexibility index (Phi) is 6.32. The van der Waals surface area contributed by atoms with Gasteiger partial charge in [0, 0.05) is 11.3 Å². The second kappa shape index (κ2) is 8.66. The number of hydrogen-bond donors (Lipinski definition) is 2. The molecule has 7 nitrogen and oxygen atoms in total. The molecule has 0 spiro atoms. The molecule has 2 amide bonds. The van der Waals surface area contributed by atoms with E-state index in [1.165, 1.54) is 24.3 Å². The van der Waals surface area contributed by atoms with Crippen LogP contribution in [0, 0.1) is 0 Å². The van der Waals surface area contributed by atoms with E-state index >= 15 is 0 Å². The third kappa shape index (κ3) is 5.62. The second-order valence-electron chi connectivity index (χ2n) is 5.76. The molecule has 26 heavy (non-hydrogen) atoms. The highest BCUT2D eigenvalue weighted by Gasteiger charge is 2.11. The molecule has 136 valence electrons. The summed E-state index contributed by atoms with van der Waals surface area (Å²) in [5.74, 6) is -1.01. The summed E-state index contributed by atoms with van der Waals surface area (Å²) in [5, 5.41) is 2.56. The molecule has 0 saturated heterocycles. The van der Waals surface area contributed by atoms with Gasteiger partial charge in [-0.3, -0.25) is 9.59 Å².